The van der Waals surface area contributed by atoms with Gasteiger partial charge in [0.05, 0.1) is 24.1 Å². The van der Waals surface area contributed by atoms with E-state index in [1.807, 2.05) is 0 Å². The molecule has 0 unspecified atom stereocenters. The van der Waals surface area contributed by atoms with Crippen LogP contribution in [-0.2, 0) is 10.1 Å². The maximum atomic E-state index is 11.6. The highest BCUT2D eigenvalue weighted by Gasteiger charge is 2.65. The van der Waals surface area contributed by atoms with Gasteiger partial charge < -0.3 is 20.6 Å². The molecule has 4 rings (SSSR count). The topological polar surface area (TPSA) is 127 Å². The van der Waals surface area contributed by atoms with Crippen LogP contribution in [0, 0.1) is 46.3 Å². The highest BCUT2D eigenvalue weighted by molar-refractivity contribution is 7.85. The Morgan fingerprint density at radius 2 is 1.73 bits per heavy atom. The molecule has 4 aliphatic rings. The van der Waals surface area contributed by atoms with Gasteiger partial charge in [-0.15, -0.1) is 0 Å². The predicted octanol–water partition coefficient (Wildman–Crippen LogP) is 2.45. The Morgan fingerprint density at radius 1 is 1.00 bits per heavy atom. The van der Waals surface area contributed by atoms with Gasteiger partial charge in [-0.25, -0.2) is 0 Å². The Morgan fingerprint density at radius 3 is 2.42 bits per heavy atom. The molecule has 0 radical (unpaired) electrons. The Balaban J connectivity index is 1.45. The van der Waals surface area contributed by atoms with Gasteiger partial charge in [0, 0.05) is 6.54 Å². The number of hydrogen-bond acceptors (Lipinski definition) is 6. The molecule has 0 aromatic heterocycles. The van der Waals surface area contributed by atoms with Crippen LogP contribution < -0.4 is 5.32 Å². The molecule has 0 heterocycles. The number of aliphatic hydroxyl groups excluding tert-OH is 3. The average molecular weight is 488 g/mol. The van der Waals surface area contributed by atoms with Crippen molar-refractivity contribution < 1.29 is 28.3 Å². The molecule has 7 nitrogen and oxygen atoms in total. The summed E-state index contributed by atoms with van der Waals surface area (Å²) in [6.45, 7) is 7.77. The van der Waals surface area contributed by atoms with Crippen molar-refractivity contribution in [3.05, 3.63) is 0 Å². The fraction of sp³-hybridized carbons (Fsp3) is 1.00. The van der Waals surface area contributed by atoms with E-state index >= 15 is 0 Å². The van der Waals surface area contributed by atoms with Crippen molar-refractivity contribution in [1.29, 1.82) is 0 Å². The van der Waals surface area contributed by atoms with E-state index in [0.717, 1.165) is 51.4 Å². The quantitative estimate of drug-likeness (QED) is 0.276. The summed E-state index contributed by atoms with van der Waals surface area (Å²) in [4.78, 5) is 0. The monoisotopic (exact) mass is 487 g/mol. The molecule has 33 heavy (non-hydrogen) atoms. The Hall–Kier alpha value is -0.250. The minimum absolute atomic E-state index is 0.0894. The molecule has 0 aliphatic heterocycles. The molecule has 4 saturated carbocycles. The molecular weight excluding hydrogens is 442 g/mol. The minimum Gasteiger partial charge on any atom is -0.393 e. The summed E-state index contributed by atoms with van der Waals surface area (Å²) < 4.78 is 30.7. The molecule has 192 valence electrons. The molecule has 11 atom stereocenters. The number of nitrogens with one attached hydrogen (secondary N) is 1. The molecular formula is C25H45NO6S. The van der Waals surface area contributed by atoms with Crippen LogP contribution in [0.4, 0.5) is 0 Å². The van der Waals surface area contributed by atoms with Crippen LogP contribution in [0.1, 0.15) is 72.1 Å². The summed E-state index contributed by atoms with van der Waals surface area (Å²) in [5, 5.41) is 36.3. The minimum atomic E-state index is -3.94. The Bertz CT molecular complexity index is 807. The van der Waals surface area contributed by atoms with E-state index < -0.39 is 10.1 Å². The molecule has 0 spiro atoms. The highest BCUT2D eigenvalue weighted by atomic mass is 32.2. The average Bonchev–Trinajstić information content (AvgIpc) is 3.07. The van der Waals surface area contributed by atoms with Gasteiger partial charge in [0.25, 0.3) is 10.1 Å². The van der Waals surface area contributed by atoms with E-state index in [2.05, 4.69) is 26.1 Å². The third kappa shape index (κ3) is 4.65. The normalized spacial score (nSPS) is 48.6. The molecule has 0 bridgehead atoms. The maximum Gasteiger partial charge on any atom is 0.266 e. The molecule has 5 N–H and O–H groups in total. The molecule has 4 aliphatic carbocycles. The van der Waals surface area contributed by atoms with E-state index in [0.29, 0.717) is 36.1 Å². The predicted molar refractivity (Wildman–Crippen MR) is 127 cm³/mol. The second-order valence-corrected chi connectivity index (χ2v) is 13.9. The summed E-state index contributed by atoms with van der Waals surface area (Å²) in [6, 6.07) is 0. The number of fused-ring (bicyclic) bond motifs is 5. The highest BCUT2D eigenvalue weighted by Crippen LogP contribution is 2.68. The number of hydrogen-bond donors (Lipinski definition) is 5. The van der Waals surface area contributed by atoms with Crippen molar-refractivity contribution in [1.82, 2.24) is 5.32 Å². The van der Waals surface area contributed by atoms with E-state index in [1.54, 1.807) is 0 Å². The zero-order valence-electron chi connectivity index (χ0n) is 20.5. The van der Waals surface area contributed by atoms with Crippen LogP contribution in [0.2, 0.25) is 0 Å². The van der Waals surface area contributed by atoms with E-state index in [1.165, 1.54) is 0 Å². The first-order valence-corrected chi connectivity index (χ1v) is 14.7. The standard InChI is InChI=1S/C25H45NO6S/c1-15(7-9-26-10-11-33(30,31)32)18-4-5-19-23-20(14-22(29)25(18,19)3)24(2)8-6-17(27)12-16(24)13-21(23)28/h15-23,26-29H,4-14H2,1-3H3,(H,30,31,32)/t15-,16+,17-,18-,19+,20+,21+,22+,23+,24+,25-/m1/s1. The number of aliphatic hydroxyl groups is 3. The van der Waals surface area contributed by atoms with Gasteiger partial charge in [-0.1, -0.05) is 20.8 Å². The summed E-state index contributed by atoms with van der Waals surface area (Å²) in [6.07, 6.45) is 6.09. The largest absolute Gasteiger partial charge is 0.393 e. The van der Waals surface area contributed by atoms with Crippen molar-refractivity contribution in [3.8, 4) is 0 Å². The molecule has 4 fully saturated rings. The van der Waals surface area contributed by atoms with Crippen molar-refractivity contribution in [3.63, 3.8) is 0 Å². The Labute approximate surface area is 199 Å². The van der Waals surface area contributed by atoms with Crippen molar-refractivity contribution in [2.75, 3.05) is 18.8 Å². The van der Waals surface area contributed by atoms with E-state index in [-0.39, 0.29) is 47.4 Å². The van der Waals surface area contributed by atoms with Crippen molar-refractivity contribution in [2.24, 2.45) is 46.3 Å². The summed E-state index contributed by atoms with van der Waals surface area (Å²) in [5.74, 6) is 1.64. The van der Waals surface area contributed by atoms with Crippen LogP contribution in [0.5, 0.6) is 0 Å². The second kappa shape index (κ2) is 9.32. The zero-order chi connectivity index (χ0) is 24.2. The molecule has 0 aromatic carbocycles. The van der Waals surface area contributed by atoms with Crippen molar-refractivity contribution in [2.45, 2.75) is 90.4 Å². The fourth-order valence-electron chi connectivity index (χ4n) is 8.99. The second-order valence-electron chi connectivity index (χ2n) is 12.3. The lowest BCUT2D eigenvalue weighted by Crippen LogP contribution is -2.62. The van der Waals surface area contributed by atoms with Crippen LogP contribution in [0.25, 0.3) is 0 Å². The van der Waals surface area contributed by atoms with Crippen molar-refractivity contribution >= 4 is 10.1 Å². The SMILES string of the molecule is C[C@H](CCNCCS(=O)(=O)O)[C@H]1CC[C@H]2[C@@H]3[C@@H](O)C[C@@H]4C[C@H](O)CC[C@]4(C)[C@H]3C[C@H](O)[C@]12C. The van der Waals surface area contributed by atoms with Gasteiger partial charge in [0.1, 0.15) is 0 Å². The fourth-order valence-corrected chi connectivity index (χ4v) is 9.39. The summed E-state index contributed by atoms with van der Waals surface area (Å²) in [5.41, 5.74) is -0.126. The smallest absolute Gasteiger partial charge is 0.266 e. The van der Waals surface area contributed by atoms with Gasteiger partial charge in [-0.2, -0.15) is 8.42 Å². The lowest BCUT2D eigenvalue weighted by molar-refractivity contribution is -0.207. The van der Waals surface area contributed by atoms with E-state index in [4.69, 9.17) is 4.55 Å². The molecule has 8 heteroatoms. The van der Waals surface area contributed by atoms with Crippen LogP contribution in [-0.4, -0.2) is 65.4 Å². The molecule has 0 aromatic rings. The maximum absolute atomic E-state index is 11.6. The van der Waals surface area contributed by atoms with Crippen LogP contribution in [0.3, 0.4) is 0 Å². The third-order valence-electron chi connectivity index (χ3n) is 10.8. The molecule has 0 saturated heterocycles. The van der Waals surface area contributed by atoms with Gasteiger partial charge in [-0.3, -0.25) is 4.55 Å². The first-order valence-electron chi connectivity index (χ1n) is 13.1. The first kappa shape index (κ1) is 25.8. The van der Waals surface area contributed by atoms with Gasteiger partial charge in [-0.05, 0) is 104 Å². The van der Waals surface area contributed by atoms with Gasteiger partial charge in [0.15, 0.2) is 0 Å². The van der Waals surface area contributed by atoms with Gasteiger partial charge >= 0.3 is 0 Å². The van der Waals surface area contributed by atoms with Crippen LogP contribution >= 0.6 is 0 Å². The first-order chi connectivity index (χ1) is 15.4. The summed E-state index contributed by atoms with van der Waals surface area (Å²) >= 11 is 0. The lowest BCUT2D eigenvalue weighted by Gasteiger charge is -2.63. The third-order valence-corrected chi connectivity index (χ3v) is 11.6. The molecule has 0 amide bonds. The summed E-state index contributed by atoms with van der Waals surface area (Å²) in [7, 11) is -3.94. The van der Waals surface area contributed by atoms with Gasteiger partial charge in [0.2, 0.25) is 0 Å². The van der Waals surface area contributed by atoms with E-state index in [9.17, 15) is 23.7 Å². The van der Waals surface area contributed by atoms with Crippen LogP contribution in [0.15, 0.2) is 0 Å². The number of rotatable bonds is 7. The Kier molecular flexibility index (Phi) is 7.30. The lowest BCUT2D eigenvalue weighted by atomic mass is 9.43. The zero-order valence-corrected chi connectivity index (χ0v) is 21.3.